The molecule has 0 radical (unpaired) electrons. The maximum Gasteiger partial charge on any atom is 0.315 e. The minimum atomic E-state index is -0.444. The molecule has 6 nitrogen and oxygen atoms in total. The second-order valence-electron chi connectivity index (χ2n) is 6.22. The number of nitrogens with zero attached hydrogens (tertiary/aromatic N) is 1. The fourth-order valence-corrected chi connectivity index (χ4v) is 2.49. The molecule has 6 heteroatoms. The monoisotopic (exact) mass is 355 g/mol. The number of benzene rings is 1. The van der Waals surface area contributed by atoms with E-state index in [1.165, 1.54) is 0 Å². The molecule has 1 aromatic carbocycles. The van der Waals surface area contributed by atoms with E-state index in [1.807, 2.05) is 42.5 Å². The van der Waals surface area contributed by atoms with Crippen molar-refractivity contribution >= 4 is 12.0 Å². The van der Waals surface area contributed by atoms with Crippen molar-refractivity contribution in [3.63, 3.8) is 0 Å². The molecular formula is C20H25N3O3. The van der Waals surface area contributed by atoms with Crippen LogP contribution < -0.4 is 10.6 Å². The molecule has 26 heavy (non-hydrogen) atoms. The smallest absolute Gasteiger partial charge is 0.315 e. The lowest BCUT2D eigenvalue weighted by Gasteiger charge is -2.19. The Morgan fingerprint density at radius 3 is 2.54 bits per heavy atom. The fraction of sp³-hybridized carbons (Fsp3) is 0.350. The van der Waals surface area contributed by atoms with E-state index in [9.17, 15) is 9.59 Å². The number of carbonyl (C=O) groups is 2. The molecule has 0 aliphatic heterocycles. The molecule has 1 unspecified atom stereocenters. The van der Waals surface area contributed by atoms with E-state index in [0.717, 1.165) is 11.1 Å². The minimum absolute atomic E-state index is 0.0816. The quantitative estimate of drug-likeness (QED) is 0.713. The second-order valence-corrected chi connectivity index (χ2v) is 6.22. The number of hydrogen-bond acceptors (Lipinski definition) is 4. The normalized spacial score (nSPS) is 11.7. The zero-order chi connectivity index (χ0) is 18.8. The van der Waals surface area contributed by atoms with Gasteiger partial charge in [0.05, 0.1) is 18.6 Å². The summed E-state index contributed by atoms with van der Waals surface area (Å²) in [5.41, 5.74) is 1.91. The number of pyridine rings is 1. The highest BCUT2D eigenvalue weighted by molar-refractivity contribution is 5.76. The van der Waals surface area contributed by atoms with Crippen LogP contribution in [0.5, 0.6) is 0 Å². The van der Waals surface area contributed by atoms with Crippen molar-refractivity contribution in [1.82, 2.24) is 15.6 Å². The molecule has 0 saturated heterocycles. The number of rotatable bonds is 8. The lowest BCUT2D eigenvalue weighted by Crippen LogP contribution is -2.39. The first-order chi connectivity index (χ1) is 12.5. The average Bonchev–Trinajstić information content (AvgIpc) is 2.62. The summed E-state index contributed by atoms with van der Waals surface area (Å²) in [5.74, 6) is -0.343. The van der Waals surface area contributed by atoms with Crippen molar-refractivity contribution in [2.24, 2.45) is 0 Å². The third kappa shape index (κ3) is 6.93. The van der Waals surface area contributed by atoms with Crippen LogP contribution in [-0.4, -0.2) is 29.6 Å². The molecule has 2 N–H and O–H groups in total. The molecule has 138 valence electrons. The van der Waals surface area contributed by atoms with Crippen molar-refractivity contribution in [1.29, 1.82) is 0 Å². The largest absolute Gasteiger partial charge is 0.463 e. The molecule has 0 aliphatic carbocycles. The number of urea groups is 1. The second kappa shape index (κ2) is 10.2. The highest BCUT2D eigenvalue weighted by atomic mass is 16.5. The van der Waals surface area contributed by atoms with Crippen LogP contribution in [0.2, 0.25) is 0 Å². The van der Waals surface area contributed by atoms with Gasteiger partial charge in [0.2, 0.25) is 0 Å². The molecule has 2 aromatic rings. The van der Waals surface area contributed by atoms with Crippen LogP contribution in [0.1, 0.15) is 37.4 Å². The molecule has 0 bridgehead atoms. The van der Waals surface area contributed by atoms with Crippen molar-refractivity contribution < 1.29 is 14.3 Å². The summed E-state index contributed by atoms with van der Waals surface area (Å²) >= 11 is 0. The summed E-state index contributed by atoms with van der Waals surface area (Å²) in [5, 5.41) is 5.67. The maximum atomic E-state index is 12.2. The third-order valence-corrected chi connectivity index (χ3v) is 3.67. The van der Waals surface area contributed by atoms with Gasteiger partial charge in [-0.3, -0.25) is 9.78 Å². The van der Waals surface area contributed by atoms with Crippen molar-refractivity contribution in [2.45, 2.75) is 38.8 Å². The molecule has 2 amide bonds. The van der Waals surface area contributed by atoms with Gasteiger partial charge in [-0.25, -0.2) is 4.79 Å². The van der Waals surface area contributed by atoms with Crippen LogP contribution in [0.25, 0.3) is 0 Å². The maximum absolute atomic E-state index is 12.2. The predicted molar refractivity (Wildman–Crippen MR) is 99.5 cm³/mol. The first-order valence-corrected chi connectivity index (χ1v) is 8.72. The lowest BCUT2D eigenvalue weighted by atomic mass is 10.0. The SMILES string of the molecule is CC(C)OC(=O)CC(NC(=O)NCCc1cccnc1)c1ccccc1. The van der Waals surface area contributed by atoms with Gasteiger partial charge in [-0.05, 0) is 37.5 Å². The van der Waals surface area contributed by atoms with Gasteiger partial charge in [0, 0.05) is 18.9 Å². The predicted octanol–water partition coefficient (Wildman–Crippen LogP) is 3.01. The minimum Gasteiger partial charge on any atom is -0.463 e. The number of aromatic nitrogens is 1. The Morgan fingerprint density at radius 2 is 1.88 bits per heavy atom. The Balaban J connectivity index is 1.90. The van der Waals surface area contributed by atoms with Crippen LogP contribution in [-0.2, 0) is 16.0 Å². The zero-order valence-corrected chi connectivity index (χ0v) is 15.1. The number of hydrogen-bond donors (Lipinski definition) is 2. The van der Waals surface area contributed by atoms with Gasteiger partial charge in [-0.2, -0.15) is 0 Å². The number of ether oxygens (including phenoxy) is 1. The van der Waals surface area contributed by atoms with Crippen molar-refractivity contribution in [3.05, 3.63) is 66.0 Å². The highest BCUT2D eigenvalue weighted by Crippen LogP contribution is 2.17. The molecule has 1 aromatic heterocycles. The average molecular weight is 355 g/mol. The molecule has 0 aliphatic rings. The summed E-state index contributed by atoms with van der Waals surface area (Å²) in [6.45, 7) is 4.08. The van der Waals surface area contributed by atoms with Gasteiger partial charge in [0.25, 0.3) is 0 Å². The zero-order valence-electron chi connectivity index (χ0n) is 15.1. The summed E-state index contributed by atoms with van der Waals surface area (Å²) in [7, 11) is 0. The van der Waals surface area contributed by atoms with E-state index in [2.05, 4.69) is 15.6 Å². The van der Waals surface area contributed by atoms with Crippen molar-refractivity contribution in [2.75, 3.05) is 6.54 Å². The molecule has 1 atom stereocenters. The van der Waals surface area contributed by atoms with Gasteiger partial charge in [-0.1, -0.05) is 36.4 Å². The number of carbonyl (C=O) groups excluding carboxylic acids is 2. The van der Waals surface area contributed by atoms with Crippen LogP contribution in [0.3, 0.4) is 0 Å². The standard InChI is InChI=1S/C20H25N3O3/c1-15(2)26-19(24)13-18(17-8-4-3-5-9-17)23-20(25)22-12-10-16-7-6-11-21-14-16/h3-9,11,14-15,18H,10,12-13H2,1-2H3,(H2,22,23,25). The topological polar surface area (TPSA) is 80.3 Å². The van der Waals surface area contributed by atoms with E-state index in [-0.39, 0.29) is 24.5 Å². The van der Waals surface area contributed by atoms with Gasteiger partial charge in [0.1, 0.15) is 0 Å². The first kappa shape index (κ1) is 19.4. The molecule has 0 saturated carbocycles. The highest BCUT2D eigenvalue weighted by Gasteiger charge is 2.19. The molecular weight excluding hydrogens is 330 g/mol. The van der Waals surface area contributed by atoms with E-state index < -0.39 is 6.04 Å². The van der Waals surface area contributed by atoms with Gasteiger partial charge in [0.15, 0.2) is 0 Å². The molecule has 0 fully saturated rings. The Hall–Kier alpha value is -2.89. The molecule has 2 rings (SSSR count). The Morgan fingerprint density at radius 1 is 1.12 bits per heavy atom. The van der Waals surface area contributed by atoms with Gasteiger partial charge < -0.3 is 15.4 Å². The van der Waals surface area contributed by atoms with Crippen LogP contribution in [0.15, 0.2) is 54.9 Å². The van der Waals surface area contributed by atoms with E-state index in [0.29, 0.717) is 13.0 Å². The fourth-order valence-electron chi connectivity index (χ4n) is 2.49. The third-order valence-electron chi connectivity index (χ3n) is 3.67. The summed E-state index contributed by atoms with van der Waals surface area (Å²) in [6, 6.07) is 12.5. The van der Waals surface area contributed by atoms with Gasteiger partial charge in [-0.15, -0.1) is 0 Å². The van der Waals surface area contributed by atoms with Crippen LogP contribution >= 0.6 is 0 Å². The van der Waals surface area contributed by atoms with Crippen LogP contribution in [0, 0.1) is 0 Å². The van der Waals surface area contributed by atoms with Crippen molar-refractivity contribution in [3.8, 4) is 0 Å². The number of nitrogens with one attached hydrogen (secondary N) is 2. The van der Waals surface area contributed by atoms with E-state index >= 15 is 0 Å². The Bertz CT molecular complexity index is 690. The van der Waals surface area contributed by atoms with E-state index in [1.54, 1.807) is 26.2 Å². The Kier molecular flexibility index (Phi) is 7.61. The van der Waals surface area contributed by atoms with Gasteiger partial charge >= 0.3 is 12.0 Å². The summed E-state index contributed by atoms with van der Waals surface area (Å²) in [4.78, 5) is 28.3. The van der Waals surface area contributed by atoms with E-state index in [4.69, 9.17) is 4.74 Å². The summed E-state index contributed by atoms with van der Waals surface area (Å²) < 4.78 is 5.21. The van der Waals surface area contributed by atoms with Crippen LogP contribution in [0.4, 0.5) is 4.79 Å². The number of amides is 2. The first-order valence-electron chi connectivity index (χ1n) is 8.72. The molecule has 1 heterocycles. The Labute approximate surface area is 154 Å². The molecule has 0 spiro atoms. The lowest BCUT2D eigenvalue weighted by molar-refractivity contribution is -0.147. The number of esters is 1. The summed E-state index contributed by atoms with van der Waals surface area (Å²) in [6.07, 6.45) is 4.07.